The maximum absolute atomic E-state index is 13.5. The van der Waals surface area contributed by atoms with Gasteiger partial charge in [0.15, 0.2) is 0 Å². The average molecular weight is 243 g/mol. The number of halogens is 2. The molecular formula is C13H19F2NO. The molecule has 0 amide bonds. The summed E-state index contributed by atoms with van der Waals surface area (Å²) >= 11 is 0. The Balaban J connectivity index is 2.79. The Labute approximate surface area is 101 Å². The highest BCUT2D eigenvalue weighted by atomic mass is 19.1. The Morgan fingerprint density at radius 3 is 2.47 bits per heavy atom. The molecule has 96 valence electrons. The van der Waals surface area contributed by atoms with Gasteiger partial charge in [-0.3, -0.25) is 0 Å². The quantitative estimate of drug-likeness (QED) is 0.833. The highest BCUT2D eigenvalue weighted by Crippen LogP contribution is 2.23. The number of hydrogen-bond donors (Lipinski definition) is 2. The van der Waals surface area contributed by atoms with Crippen LogP contribution in [0, 0.1) is 24.0 Å². The SMILES string of the molecule is CCC(C)(CO)CNc1cc(F)c(C)cc1F. The van der Waals surface area contributed by atoms with Gasteiger partial charge in [-0.05, 0) is 25.0 Å². The van der Waals surface area contributed by atoms with E-state index < -0.39 is 11.6 Å². The molecule has 1 unspecified atom stereocenters. The van der Waals surface area contributed by atoms with Gasteiger partial charge in [0.25, 0.3) is 0 Å². The Kier molecular flexibility index (Phi) is 4.46. The van der Waals surface area contributed by atoms with Crippen LogP contribution >= 0.6 is 0 Å². The summed E-state index contributed by atoms with van der Waals surface area (Å²) in [5, 5.41) is 12.1. The molecule has 17 heavy (non-hydrogen) atoms. The Bertz CT molecular complexity index is 389. The van der Waals surface area contributed by atoms with E-state index in [0.717, 1.165) is 12.5 Å². The molecule has 0 aliphatic rings. The predicted octanol–water partition coefficient (Wildman–Crippen LogP) is 3.09. The molecule has 1 rings (SSSR count). The zero-order valence-corrected chi connectivity index (χ0v) is 10.5. The topological polar surface area (TPSA) is 32.3 Å². The standard InChI is InChI=1S/C13H19F2NO/c1-4-13(3,8-17)7-16-12-6-10(14)9(2)5-11(12)15/h5-6,16-17H,4,7-8H2,1-3H3. The van der Waals surface area contributed by atoms with Crippen LogP contribution in [0.5, 0.6) is 0 Å². The summed E-state index contributed by atoms with van der Waals surface area (Å²) in [6.07, 6.45) is 0.756. The molecule has 0 heterocycles. The van der Waals surface area contributed by atoms with Crippen LogP contribution in [0.2, 0.25) is 0 Å². The lowest BCUT2D eigenvalue weighted by atomic mass is 9.88. The number of aryl methyl sites for hydroxylation is 1. The monoisotopic (exact) mass is 243 g/mol. The van der Waals surface area contributed by atoms with Crippen molar-refractivity contribution < 1.29 is 13.9 Å². The highest BCUT2D eigenvalue weighted by molar-refractivity contribution is 5.47. The minimum Gasteiger partial charge on any atom is -0.396 e. The Hall–Kier alpha value is -1.16. The van der Waals surface area contributed by atoms with E-state index in [0.29, 0.717) is 6.54 Å². The number of aliphatic hydroxyl groups is 1. The molecule has 2 N–H and O–H groups in total. The molecule has 0 fully saturated rings. The van der Waals surface area contributed by atoms with E-state index >= 15 is 0 Å². The van der Waals surface area contributed by atoms with E-state index in [1.54, 1.807) is 0 Å². The number of hydrogen-bond acceptors (Lipinski definition) is 2. The van der Waals surface area contributed by atoms with E-state index in [2.05, 4.69) is 5.32 Å². The molecule has 1 atom stereocenters. The average Bonchev–Trinajstić information content (AvgIpc) is 2.32. The van der Waals surface area contributed by atoms with E-state index in [9.17, 15) is 13.9 Å². The van der Waals surface area contributed by atoms with Crippen molar-refractivity contribution in [3.8, 4) is 0 Å². The molecule has 1 aromatic carbocycles. The molecule has 2 nitrogen and oxygen atoms in total. The molecule has 0 saturated heterocycles. The van der Waals surface area contributed by atoms with E-state index in [1.807, 2.05) is 13.8 Å². The van der Waals surface area contributed by atoms with Crippen LogP contribution in [-0.2, 0) is 0 Å². The van der Waals surface area contributed by atoms with E-state index in [1.165, 1.54) is 13.0 Å². The molecule has 0 aromatic heterocycles. The second-order valence-corrected chi connectivity index (χ2v) is 4.76. The lowest BCUT2D eigenvalue weighted by molar-refractivity contribution is 0.149. The zero-order valence-electron chi connectivity index (χ0n) is 10.5. The van der Waals surface area contributed by atoms with Gasteiger partial charge in [-0.1, -0.05) is 13.8 Å². The third kappa shape index (κ3) is 3.40. The van der Waals surface area contributed by atoms with Gasteiger partial charge < -0.3 is 10.4 Å². The molecule has 0 aliphatic heterocycles. The first kappa shape index (κ1) is 13.9. The minimum absolute atomic E-state index is 0.00641. The van der Waals surface area contributed by atoms with Crippen molar-refractivity contribution in [2.24, 2.45) is 5.41 Å². The first-order chi connectivity index (χ1) is 7.91. The molecule has 0 radical (unpaired) electrons. The fourth-order valence-corrected chi connectivity index (χ4v) is 1.38. The second kappa shape index (κ2) is 5.45. The fourth-order valence-electron chi connectivity index (χ4n) is 1.38. The Morgan fingerprint density at radius 1 is 1.29 bits per heavy atom. The number of anilines is 1. The largest absolute Gasteiger partial charge is 0.396 e. The number of aliphatic hydroxyl groups excluding tert-OH is 1. The van der Waals surface area contributed by atoms with Crippen LogP contribution < -0.4 is 5.32 Å². The van der Waals surface area contributed by atoms with E-state index in [4.69, 9.17) is 0 Å². The summed E-state index contributed by atoms with van der Waals surface area (Å²) in [6, 6.07) is 2.32. The van der Waals surface area contributed by atoms with Crippen molar-refractivity contribution >= 4 is 5.69 Å². The lowest BCUT2D eigenvalue weighted by Crippen LogP contribution is -2.29. The van der Waals surface area contributed by atoms with Crippen molar-refractivity contribution in [2.75, 3.05) is 18.5 Å². The van der Waals surface area contributed by atoms with Crippen LogP contribution in [0.1, 0.15) is 25.8 Å². The van der Waals surface area contributed by atoms with Crippen molar-refractivity contribution in [3.05, 3.63) is 29.3 Å². The summed E-state index contributed by atoms with van der Waals surface area (Å²) < 4.78 is 26.8. The van der Waals surface area contributed by atoms with Gasteiger partial charge >= 0.3 is 0 Å². The molecule has 1 aromatic rings. The minimum atomic E-state index is -0.472. The third-order valence-electron chi connectivity index (χ3n) is 3.19. The van der Waals surface area contributed by atoms with Crippen molar-refractivity contribution in [2.45, 2.75) is 27.2 Å². The van der Waals surface area contributed by atoms with Crippen LogP contribution in [0.15, 0.2) is 12.1 Å². The van der Waals surface area contributed by atoms with Crippen molar-refractivity contribution in [1.29, 1.82) is 0 Å². The molecule has 0 bridgehead atoms. The number of benzene rings is 1. The molecular weight excluding hydrogens is 224 g/mol. The Morgan fingerprint density at radius 2 is 1.94 bits per heavy atom. The predicted molar refractivity (Wildman–Crippen MR) is 65.1 cm³/mol. The maximum Gasteiger partial charge on any atom is 0.146 e. The summed E-state index contributed by atoms with van der Waals surface area (Å²) in [5.74, 6) is -0.906. The fraction of sp³-hybridized carbons (Fsp3) is 0.538. The zero-order chi connectivity index (χ0) is 13.1. The van der Waals surface area contributed by atoms with Crippen molar-refractivity contribution in [3.63, 3.8) is 0 Å². The van der Waals surface area contributed by atoms with Crippen LogP contribution in [-0.4, -0.2) is 18.3 Å². The summed E-state index contributed by atoms with van der Waals surface area (Å²) in [5.41, 5.74) is 0.100. The molecule has 0 saturated carbocycles. The van der Waals surface area contributed by atoms with Gasteiger partial charge in [-0.25, -0.2) is 8.78 Å². The van der Waals surface area contributed by atoms with Crippen LogP contribution in [0.25, 0.3) is 0 Å². The lowest BCUT2D eigenvalue weighted by Gasteiger charge is -2.26. The maximum atomic E-state index is 13.5. The van der Waals surface area contributed by atoms with Gasteiger partial charge in [0.2, 0.25) is 0 Å². The molecule has 0 spiro atoms. The van der Waals surface area contributed by atoms with Gasteiger partial charge in [0.1, 0.15) is 11.6 Å². The third-order valence-corrected chi connectivity index (χ3v) is 3.19. The van der Waals surface area contributed by atoms with Gasteiger partial charge in [-0.2, -0.15) is 0 Å². The molecule has 4 heteroatoms. The summed E-state index contributed by atoms with van der Waals surface area (Å²) in [4.78, 5) is 0. The molecule has 0 aliphatic carbocycles. The summed E-state index contributed by atoms with van der Waals surface area (Å²) in [6.45, 7) is 5.77. The van der Waals surface area contributed by atoms with Crippen LogP contribution in [0.3, 0.4) is 0 Å². The second-order valence-electron chi connectivity index (χ2n) is 4.76. The first-order valence-electron chi connectivity index (χ1n) is 5.72. The smallest absolute Gasteiger partial charge is 0.146 e. The van der Waals surface area contributed by atoms with Gasteiger partial charge in [-0.15, -0.1) is 0 Å². The van der Waals surface area contributed by atoms with Gasteiger partial charge in [0.05, 0.1) is 12.3 Å². The van der Waals surface area contributed by atoms with Gasteiger partial charge in [0, 0.05) is 18.0 Å². The first-order valence-corrected chi connectivity index (χ1v) is 5.72. The number of nitrogens with one attached hydrogen (secondary N) is 1. The van der Waals surface area contributed by atoms with Crippen molar-refractivity contribution in [1.82, 2.24) is 0 Å². The van der Waals surface area contributed by atoms with Crippen LogP contribution in [0.4, 0.5) is 14.5 Å². The number of rotatable bonds is 5. The highest BCUT2D eigenvalue weighted by Gasteiger charge is 2.21. The summed E-state index contributed by atoms with van der Waals surface area (Å²) in [7, 11) is 0. The normalized spacial score (nSPS) is 14.5. The van der Waals surface area contributed by atoms with E-state index in [-0.39, 0.29) is 23.3 Å².